The van der Waals surface area contributed by atoms with Crippen LogP contribution >= 0.6 is 0 Å². The van der Waals surface area contributed by atoms with Gasteiger partial charge in [-0.1, -0.05) is 13.3 Å². The fourth-order valence-corrected chi connectivity index (χ4v) is 1.75. The van der Waals surface area contributed by atoms with Crippen LogP contribution in [0.2, 0.25) is 0 Å². The zero-order valence-electron chi connectivity index (χ0n) is 10.8. The topological polar surface area (TPSA) is 81.2 Å². The maximum absolute atomic E-state index is 11.8. The maximum atomic E-state index is 11.8. The van der Waals surface area contributed by atoms with Gasteiger partial charge < -0.3 is 15.5 Å². The summed E-state index contributed by atoms with van der Waals surface area (Å²) < 4.78 is 5.19. The number of amides is 1. The third kappa shape index (κ3) is 3.42. The molecule has 0 radical (unpaired) electrons. The second-order valence-electron chi connectivity index (χ2n) is 4.33. The number of aromatic nitrogens is 1. The fraction of sp³-hybridized carbons (Fsp3) is 0.286. The Bertz CT molecular complexity index is 520. The molecule has 5 nitrogen and oxygen atoms in total. The molecule has 5 heteroatoms. The van der Waals surface area contributed by atoms with E-state index in [2.05, 4.69) is 10.3 Å². The molecule has 0 spiro atoms. The predicted octanol–water partition coefficient (Wildman–Crippen LogP) is 2.41. The molecule has 1 unspecified atom stereocenters. The van der Waals surface area contributed by atoms with Gasteiger partial charge in [0.05, 0.1) is 12.2 Å². The van der Waals surface area contributed by atoms with Crippen molar-refractivity contribution in [3.8, 4) is 11.3 Å². The molecule has 0 saturated heterocycles. The zero-order valence-corrected chi connectivity index (χ0v) is 10.8. The van der Waals surface area contributed by atoms with Gasteiger partial charge in [-0.25, -0.2) is 4.98 Å². The monoisotopic (exact) mass is 259 g/mol. The van der Waals surface area contributed by atoms with Crippen molar-refractivity contribution >= 4 is 11.6 Å². The Morgan fingerprint density at radius 1 is 1.42 bits per heavy atom. The number of carbonyl (C=O) groups excluding carboxylic acids is 1. The molecule has 1 aromatic carbocycles. The van der Waals surface area contributed by atoms with Crippen molar-refractivity contribution in [1.29, 1.82) is 0 Å². The number of benzene rings is 1. The Labute approximate surface area is 111 Å². The molecule has 1 heterocycles. The first-order valence-electron chi connectivity index (χ1n) is 6.26. The van der Waals surface area contributed by atoms with Crippen LogP contribution in [0.5, 0.6) is 0 Å². The number of oxazole rings is 1. The largest absolute Gasteiger partial charge is 0.444 e. The molecule has 0 aliphatic rings. The first-order chi connectivity index (χ1) is 9.20. The van der Waals surface area contributed by atoms with Crippen LogP contribution in [0.25, 0.3) is 11.3 Å². The van der Waals surface area contributed by atoms with Gasteiger partial charge in [-0.3, -0.25) is 4.79 Å². The highest BCUT2D eigenvalue weighted by atomic mass is 16.3. The minimum absolute atomic E-state index is 0.158. The van der Waals surface area contributed by atoms with Crippen molar-refractivity contribution in [2.45, 2.75) is 25.8 Å². The van der Waals surface area contributed by atoms with Crippen molar-refractivity contribution in [1.82, 2.24) is 4.98 Å². The van der Waals surface area contributed by atoms with E-state index in [0.29, 0.717) is 12.2 Å². The standard InChI is InChI=1S/C14H17N3O2/c1-2-3-12(15)14(18)17-11-6-4-10(5-7-11)13-8-16-9-19-13/h4-9,12H,2-3,15H2,1H3,(H,17,18). The van der Waals surface area contributed by atoms with Gasteiger partial charge in [0.25, 0.3) is 0 Å². The quantitative estimate of drug-likeness (QED) is 0.864. The van der Waals surface area contributed by atoms with Crippen LogP contribution in [-0.4, -0.2) is 16.9 Å². The van der Waals surface area contributed by atoms with E-state index in [9.17, 15) is 4.79 Å². The highest BCUT2D eigenvalue weighted by Crippen LogP contribution is 2.20. The smallest absolute Gasteiger partial charge is 0.241 e. The van der Waals surface area contributed by atoms with Crippen LogP contribution < -0.4 is 11.1 Å². The fourth-order valence-electron chi connectivity index (χ4n) is 1.75. The van der Waals surface area contributed by atoms with Crippen LogP contribution in [0, 0.1) is 0 Å². The van der Waals surface area contributed by atoms with Gasteiger partial charge in [0, 0.05) is 11.3 Å². The number of nitrogens with two attached hydrogens (primary N) is 1. The SMILES string of the molecule is CCCC(N)C(=O)Nc1ccc(-c2cnco2)cc1. The Morgan fingerprint density at radius 3 is 2.74 bits per heavy atom. The van der Waals surface area contributed by atoms with Gasteiger partial charge in [0.15, 0.2) is 12.2 Å². The second kappa shape index (κ2) is 6.15. The van der Waals surface area contributed by atoms with Gasteiger partial charge in [-0.05, 0) is 30.7 Å². The highest BCUT2D eigenvalue weighted by molar-refractivity contribution is 5.94. The minimum Gasteiger partial charge on any atom is -0.444 e. The first kappa shape index (κ1) is 13.3. The summed E-state index contributed by atoms with van der Waals surface area (Å²) in [5, 5.41) is 2.79. The zero-order chi connectivity index (χ0) is 13.7. The predicted molar refractivity (Wildman–Crippen MR) is 73.5 cm³/mol. The molecule has 2 aromatic rings. The molecule has 1 amide bonds. The van der Waals surface area contributed by atoms with E-state index in [1.54, 1.807) is 6.20 Å². The van der Waals surface area contributed by atoms with E-state index >= 15 is 0 Å². The average molecular weight is 259 g/mol. The summed E-state index contributed by atoms with van der Waals surface area (Å²) in [5.74, 6) is 0.537. The van der Waals surface area contributed by atoms with Gasteiger partial charge in [-0.15, -0.1) is 0 Å². The third-order valence-corrected chi connectivity index (χ3v) is 2.81. The number of hydrogen-bond donors (Lipinski definition) is 2. The molecule has 3 N–H and O–H groups in total. The van der Waals surface area contributed by atoms with Crippen molar-refractivity contribution < 1.29 is 9.21 Å². The van der Waals surface area contributed by atoms with Gasteiger partial charge >= 0.3 is 0 Å². The van der Waals surface area contributed by atoms with E-state index < -0.39 is 6.04 Å². The first-order valence-corrected chi connectivity index (χ1v) is 6.26. The van der Waals surface area contributed by atoms with Gasteiger partial charge in [-0.2, -0.15) is 0 Å². The summed E-state index contributed by atoms with van der Waals surface area (Å²) >= 11 is 0. The van der Waals surface area contributed by atoms with E-state index in [-0.39, 0.29) is 5.91 Å². The van der Waals surface area contributed by atoms with Gasteiger partial charge in [0.2, 0.25) is 5.91 Å². The molecule has 1 atom stereocenters. The van der Waals surface area contributed by atoms with E-state index in [0.717, 1.165) is 17.7 Å². The summed E-state index contributed by atoms with van der Waals surface area (Å²) in [6.07, 6.45) is 4.60. The number of hydrogen-bond acceptors (Lipinski definition) is 4. The molecule has 0 aliphatic heterocycles. The normalized spacial score (nSPS) is 12.1. The summed E-state index contributed by atoms with van der Waals surface area (Å²) in [5.41, 5.74) is 7.38. The Morgan fingerprint density at radius 2 is 2.16 bits per heavy atom. The third-order valence-electron chi connectivity index (χ3n) is 2.81. The molecular formula is C14H17N3O2. The summed E-state index contributed by atoms with van der Waals surface area (Å²) in [4.78, 5) is 15.6. The van der Waals surface area contributed by atoms with Crippen molar-refractivity contribution in [3.63, 3.8) is 0 Å². The van der Waals surface area contributed by atoms with Crippen LogP contribution in [0.3, 0.4) is 0 Å². The lowest BCUT2D eigenvalue weighted by atomic mass is 10.1. The molecule has 2 rings (SSSR count). The lowest BCUT2D eigenvalue weighted by Gasteiger charge is -2.11. The molecule has 1 aromatic heterocycles. The molecule has 100 valence electrons. The maximum Gasteiger partial charge on any atom is 0.241 e. The molecule has 0 fully saturated rings. The summed E-state index contributed by atoms with van der Waals surface area (Å²) in [6, 6.07) is 6.89. The van der Waals surface area contributed by atoms with E-state index in [1.807, 2.05) is 31.2 Å². The van der Waals surface area contributed by atoms with E-state index in [4.69, 9.17) is 10.2 Å². The van der Waals surface area contributed by atoms with Crippen LogP contribution in [0.1, 0.15) is 19.8 Å². The number of rotatable bonds is 5. The van der Waals surface area contributed by atoms with Crippen LogP contribution in [-0.2, 0) is 4.79 Å². The summed E-state index contributed by atoms with van der Waals surface area (Å²) in [6.45, 7) is 2.00. The Kier molecular flexibility index (Phi) is 4.30. The number of nitrogens with one attached hydrogen (secondary N) is 1. The van der Waals surface area contributed by atoms with Crippen molar-refractivity contribution in [3.05, 3.63) is 36.9 Å². The highest BCUT2D eigenvalue weighted by Gasteiger charge is 2.12. The minimum atomic E-state index is -0.459. The van der Waals surface area contributed by atoms with Gasteiger partial charge in [0.1, 0.15) is 0 Å². The lowest BCUT2D eigenvalue weighted by molar-refractivity contribution is -0.117. The number of nitrogens with zero attached hydrogens (tertiary/aromatic N) is 1. The lowest BCUT2D eigenvalue weighted by Crippen LogP contribution is -2.35. The van der Waals surface area contributed by atoms with Crippen LogP contribution in [0.15, 0.2) is 41.3 Å². The molecule has 0 saturated carbocycles. The van der Waals surface area contributed by atoms with Crippen LogP contribution in [0.4, 0.5) is 5.69 Å². The molecule has 0 bridgehead atoms. The molecule has 19 heavy (non-hydrogen) atoms. The van der Waals surface area contributed by atoms with Crippen molar-refractivity contribution in [2.75, 3.05) is 5.32 Å². The number of anilines is 1. The van der Waals surface area contributed by atoms with E-state index in [1.165, 1.54) is 6.39 Å². The van der Waals surface area contributed by atoms with Crippen molar-refractivity contribution in [2.24, 2.45) is 5.73 Å². The summed E-state index contributed by atoms with van der Waals surface area (Å²) in [7, 11) is 0. The Balaban J connectivity index is 2.01. The Hall–Kier alpha value is -2.14. The number of carbonyl (C=O) groups is 1. The molecular weight excluding hydrogens is 242 g/mol. The molecule has 0 aliphatic carbocycles. The second-order valence-corrected chi connectivity index (χ2v) is 4.33. The average Bonchev–Trinajstić information content (AvgIpc) is 2.94.